The van der Waals surface area contributed by atoms with Gasteiger partial charge in [-0.15, -0.1) is 0 Å². The third-order valence-corrected chi connectivity index (χ3v) is 3.68. The summed E-state index contributed by atoms with van der Waals surface area (Å²) in [6, 6.07) is 2.33. The van der Waals surface area contributed by atoms with E-state index in [1.807, 2.05) is 0 Å². The standard InChI is InChI=1S/C14H22N2O3/c1-16-6-4-3-5-12(16)8-15-9-13-7-11(10-19-13)14(17)18-2/h7,10,12,15H,3-6,8-9H2,1-2H3. The van der Waals surface area contributed by atoms with Crippen molar-refractivity contribution in [3.63, 3.8) is 0 Å². The summed E-state index contributed by atoms with van der Waals surface area (Å²) < 4.78 is 9.96. The second kappa shape index (κ2) is 6.73. The Labute approximate surface area is 113 Å². The van der Waals surface area contributed by atoms with Gasteiger partial charge in [0.05, 0.1) is 19.2 Å². The van der Waals surface area contributed by atoms with Gasteiger partial charge in [-0.3, -0.25) is 0 Å². The predicted octanol–water partition coefficient (Wildman–Crippen LogP) is 1.64. The molecule has 1 N–H and O–H groups in total. The van der Waals surface area contributed by atoms with Crippen LogP contribution in [0.25, 0.3) is 0 Å². The molecule has 19 heavy (non-hydrogen) atoms. The van der Waals surface area contributed by atoms with Gasteiger partial charge in [0, 0.05) is 12.6 Å². The van der Waals surface area contributed by atoms with Crippen molar-refractivity contribution in [3.8, 4) is 0 Å². The molecular formula is C14H22N2O3. The molecule has 2 heterocycles. The van der Waals surface area contributed by atoms with Crippen LogP contribution in [0.4, 0.5) is 0 Å². The van der Waals surface area contributed by atoms with E-state index in [4.69, 9.17) is 4.42 Å². The zero-order valence-electron chi connectivity index (χ0n) is 11.6. The van der Waals surface area contributed by atoms with Gasteiger partial charge in [0.1, 0.15) is 12.0 Å². The van der Waals surface area contributed by atoms with Gasteiger partial charge in [0.2, 0.25) is 0 Å². The van der Waals surface area contributed by atoms with Gasteiger partial charge >= 0.3 is 5.97 Å². The molecule has 1 unspecified atom stereocenters. The lowest BCUT2D eigenvalue weighted by Crippen LogP contribution is -2.42. The number of likely N-dealkylation sites (N-methyl/N-ethyl adjacent to an activating group) is 1. The molecule has 0 spiro atoms. The highest BCUT2D eigenvalue weighted by Gasteiger charge is 2.18. The number of rotatable bonds is 5. The number of esters is 1. The van der Waals surface area contributed by atoms with Gasteiger partial charge < -0.3 is 19.4 Å². The number of likely N-dealkylation sites (tertiary alicyclic amines) is 1. The summed E-state index contributed by atoms with van der Waals surface area (Å²) in [5.74, 6) is 0.404. The Balaban J connectivity index is 1.76. The fourth-order valence-electron chi connectivity index (χ4n) is 2.46. The fraction of sp³-hybridized carbons (Fsp3) is 0.643. The summed E-state index contributed by atoms with van der Waals surface area (Å²) in [6.45, 7) is 2.77. The number of carbonyl (C=O) groups is 1. The molecule has 0 aromatic carbocycles. The summed E-state index contributed by atoms with van der Waals surface area (Å²) in [5, 5.41) is 3.38. The smallest absolute Gasteiger partial charge is 0.341 e. The number of ether oxygens (including phenoxy) is 1. The van der Waals surface area contributed by atoms with Crippen LogP contribution >= 0.6 is 0 Å². The first kappa shape index (κ1) is 14.1. The van der Waals surface area contributed by atoms with Crippen LogP contribution in [0.15, 0.2) is 16.7 Å². The van der Waals surface area contributed by atoms with Crippen molar-refractivity contribution in [2.24, 2.45) is 0 Å². The van der Waals surface area contributed by atoms with Crippen molar-refractivity contribution < 1.29 is 13.9 Å². The topological polar surface area (TPSA) is 54.7 Å². The Bertz CT molecular complexity index is 417. The number of furan rings is 1. The van der Waals surface area contributed by atoms with Crippen molar-refractivity contribution in [1.29, 1.82) is 0 Å². The van der Waals surface area contributed by atoms with Crippen LogP contribution in [-0.4, -0.2) is 44.2 Å². The van der Waals surface area contributed by atoms with Crippen LogP contribution in [-0.2, 0) is 11.3 Å². The summed E-state index contributed by atoms with van der Waals surface area (Å²) in [4.78, 5) is 13.7. The lowest BCUT2D eigenvalue weighted by Gasteiger charge is -2.32. The van der Waals surface area contributed by atoms with E-state index in [2.05, 4.69) is 22.0 Å². The summed E-state index contributed by atoms with van der Waals surface area (Å²) in [5.41, 5.74) is 0.467. The molecule has 2 rings (SSSR count). The van der Waals surface area contributed by atoms with Crippen molar-refractivity contribution in [2.75, 3.05) is 27.2 Å². The minimum atomic E-state index is -0.359. The molecule has 0 aliphatic carbocycles. The van der Waals surface area contributed by atoms with Crippen molar-refractivity contribution in [3.05, 3.63) is 23.7 Å². The second-order valence-corrected chi connectivity index (χ2v) is 5.05. The SMILES string of the molecule is COC(=O)c1coc(CNCC2CCCCN2C)c1. The highest BCUT2D eigenvalue weighted by molar-refractivity contribution is 5.88. The molecule has 5 heteroatoms. The zero-order valence-corrected chi connectivity index (χ0v) is 11.6. The maximum atomic E-state index is 11.3. The first-order valence-corrected chi connectivity index (χ1v) is 6.77. The number of hydrogen-bond acceptors (Lipinski definition) is 5. The molecule has 0 saturated carbocycles. The zero-order chi connectivity index (χ0) is 13.7. The lowest BCUT2D eigenvalue weighted by molar-refractivity contribution is 0.0600. The molecule has 1 aliphatic rings. The third kappa shape index (κ3) is 3.81. The van der Waals surface area contributed by atoms with E-state index < -0.39 is 0 Å². The Kier molecular flexibility index (Phi) is 4.99. The number of nitrogens with zero attached hydrogens (tertiary/aromatic N) is 1. The maximum Gasteiger partial charge on any atom is 0.341 e. The predicted molar refractivity (Wildman–Crippen MR) is 72.0 cm³/mol. The Morgan fingerprint density at radius 3 is 3.16 bits per heavy atom. The summed E-state index contributed by atoms with van der Waals surface area (Å²) >= 11 is 0. The van der Waals surface area contributed by atoms with Crippen molar-refractivity contribution in [2.45, 2.75) is 31.8 Å². The molecule has 0 radical (unpaired) electrons. The first-order chi connectivity index (χ1) is 9.20. The van der Waals surface area contributed by atoms with Crippen molar-refractivity contribution in [1.82, 2.24) is 10.2 Å². The summed E-state index contributed by atoms with van der Waals surface area (Å²) in [7, 11) is 3.54. The van der Waals surface area contributed by atoms with E-state index in [1.54, 1.807) is 6.07 Å². The quantitative estimate of drug-likeness (QED) is 0.821. The highest BCUT2D eigenvalue weighted by atomic mass is 16.5. The average molecular weight is 266 g/mol. The van der Waals surface area contributed by atoms with E-state index in [0.29, 0.717) is 18.2 Å². The number of piperidine rings is 1. The molecule has 1 saturated heterocycles. The lowest BCUT2D eigenvalue weighted by atomic mass is 10.0. The van der Waals surface area contributed by atoms with Gasteiger partial charge in [0.15, 0.2) is 0 Å². The van der Waals surface area contributed by atoms with Gasteiger partial charge in [0.25, 0.3) is 0 Å². The molecule has 0 bridgehead atoms. The molecule has 1 aliphatic heterocycles. The molecular weight excluding hydrogens is 244 g/mol. The van der Waals surface area contributed by atoms with E-state index in [0.717, 1.165) is 12.3 Å². The third-order valence-electron chi connectivity index (χ3n) is 3.68. The molecule has 1 aromatic heterocycles. The first-order valence-electron chi connectivity index (χ1n) is 6.77. The van der Waals surface area contributed by atoms with Gasteiger partial charge in [-0.05, 0) is 32.5 Å². The molecule has 1 fully saturated rings. The molecule has 1 atom stereocenters. The van der Waals surface area contributed by atoms with Crippen LogP contribution in [0.3, 0.4) is 0 Å². The Morgan fingerprint density at radius 2 is 2.42 bits per heavy atom. The number of hydrogen-bond donors (Lipinski definition) is 1. The number of nitrogens with one attached hydrogen (secondary N) is 1. The van der Waals surface area contributed by atoms with Crippen LogP contribution in [0.5, 0.6) is 0 Å². The Hall–Kier alpha value is -1.33. The maximum absolute atomic E-state index is 11.3. The highest BCUT2D eigenvalue weighted by Crippen LogP contribution is 2.14. The Morgan fingerprint density at radius 1 is 1.58 bits per heavy atom. The van der Waals surface area contributed by atoms with Crippen molar-refractivity contribution >= 4 is 5.97 Å². The van der Waals surface area contributed by atoms with Crippen LogP contribution in [0, 0.1) is 0 Å². The fourth-order valence-corrected chi connectivity index (χ4v) is 2.46. The molecule has 0 amide bonds. The molecule has 1 aromatic rings. The molecule has 5 nitrogen and oxygen atoms in total. The summed E-state index contributed by atoms with van der Waals surface area (Å²) in [6.07, 6.45) is 5.29. The van der Waals surface area contributed by atoms with Gasteiger partial charge in [-0.25, -0.2) is 4.79 Å². The van der Waals surface area contributed by atoms with E-state index in [9.17, 15) is 4.79 Å². The largest absolute Gasteiger partial charge is 0.467 e. The van der Waals surface area contributed by atoms with Crippen LogP contribution in [0.2, 0.25) is 0 Å². The van der Waals surface area contributed by atoms with Crippen LogP contribution in [0.1, 0.15) is 35.4 Å². The number of carbonyl (C=O) groups excluding carboxylic acids is 1. The van der Waals surface area contributed by atoms with E-state index in [-0.39, 0.29) is 5.97 Å². The van der Waals surface area contributed by atoms with E-state index >= 15 is 0 Å². The number of methoxy groups -OCH3 is 1. The average Bonchev–Trinajstić information content (AvgIpc) is 2.89. The second-order valence-electron chi connectivity index (χ2n) is 5.05. The monoisotopic (exact) mass is 266 g/mol. The van der Waals surface area contributed by atoms with E-state index in [1.165, 1.54) is 39.2 Å². The molecule has 106 valence electrons. The van der Waals surface area contributed by atoms with Gasteiger partial charge in [-0.1, -0.05) is 6.42 Å². The van der Waals surface area contributed by atoms with Crippen LogP contribution < -0.4 is 5.32 Å². The minimum absolute atomic E-state index is 0.359. The minimum Gasteiger partial charge on any atom is -0.467 e. The van der Waals surface area contributed by atoms with Gasteiger partial charge in [-0.2, -0.15) is 0 Å². The normalized spacial score (nSPS) is 20.4.